The summed E-state index contributed by atoms with van der Waals surface area (Å²) in [6.07, 6.45) is 4.65. The lowest BCUT2D eigenvalue weighted by Crippen LogP contribution is -2.35. The summed E-state index contributed by atoms with van der Waals surface area (Å²) in [4.78, 5) is 11.0. The van der Waals surface area contributed by atoms with Gasteiger partial charge in [0.05, 0.1) is 0 Å². The maximum Gasteiger partial charge on any atom is 0.314 e. The molecule has 0 aliphatic heterocycles. The molecule has 0 aromatic rings. The number of hydrogen-bond acceptors (Lipinski definition) is 2. The van der Waals surface area contributed by atoms with Gasteiger partial charge < -0.3 is 16.0 Å². The molecule has 4 nitrogen and oxygen atoms in total. The molecule has 0 atom stereocenters. The van der Waals surface area contributed by atoms with E-state index in [0.29, 0.717) is 6.54 Å². The van der Waals surface area contributed by atoms with E-state index in [1.807, 2.05) is 6.92 Å². The van der Waals surface area contributed by atoms with Crippen molar-refractivity contribution in [1.82, 2.24) is 16.0 Å². The average molecular weight is 215 g/mol. The molecular weight excluding hydrogens is 190 g/mol. The van der Waals surface area contributed by atoms with E-state index < -0.39 is 0 Å². The van der Waals surface area contributed by atoms with Crippen LogP contribution in [0, 0.1) is 0 Å². The Morgan fingerprint density at radius 2 is 1.60 bits per heavy atom. The monoisotopic (exact) mass is 215 g/mol. The Morgan fingerprint density at radius 1 is 0.933 bits per heavy atom. The van der Waals surface area contributed by atoms with Crippen LogP contribution in [0.15, 0.2) is 0 Å². The second-order valence-corrected chi connectivity index (χ2v) is 3.60. The molecule has 4 heteroatoms. The highest BCUT2D eigenvalue weighted by Gasteiger charge is 1.95. The molecule has 0 aromatic carbocycles. The fourth-order valence-corrected chi connectivity index (χ4v) is 1.23. The molecule has 0 bridgehead atoms. The Labute approximate surface area is 93.2 Å². The van der Waals surface area contributed by atoms with Crippen molar-refractivity contribution < 1.29 is 4.79 Å². The lowest BCUT2D eigenvalue weighted by Gasteiger charge is -2.06. The fraction of sp³-hybridized carbons (Fsp3) is 0.909. The summed E-state index contributed by atoms with van der Waals surface area (Å²) >= 11 is 0. The number of nitrogens with one attached hydrogen (secondary N) is 3. The number of unbranched alkanes of at least 4 members (excludes halogenated alkanes) is 2. The molecule has 0 fully saturated rings. The first-order valence-corrected chi connectivity index (χ1v) is 6.03. The van der Waals surface area contributed by atoms with E-state index in [1.54, 1.807) is 0 Å². The summed E-state index contributed by atoms with van der Waals surface area (Å²) in [6.45, 7) is 7.72. The van der Waals surface area contributed by atoms with Crippen molar-refractivity contribution >= 4 is 6.03 Å². The van der Waals surface area contributed by atoms with Crippen molar-refractivity contribution in [3.8, 4) is 0 Å². The Hall–Kier alpha value is -0.770. The molecule has 0 saturated heterocycles. The number of amides is 2. The highest BCUT2D eigenvalue weighted by Crippen LogP contribution is 1.86. The molecule has 0 aliphatic carbocycles. The summed E-state index contributed by atoms with van der Waals surface area (Å²) in [5, 5.41) is 8.88. The fourth-order valence-electron chi connectivity index (χ4n) is 1.23. The minimum atomic E-state index is -0.0588. The van der Waals surface area contributed by atoms with E-state index in [-0.39, 0.29) is 6.03 Å². The Balaban J connectivity index is 3.01. The molecule has 90 valence electrons. The van der Waals surface area contributed by atoms with E-state index in [0.717, 1.165) is 32.5 Å². The standard InChI is InChI=1S/C11H25N3O/c1-3-5-8-12-9-6-7-10-14-11(15)13-4-2/h12H,3-10H2,1-2H3,(H2,13,14,15). The Bertz CT molecular complexity index is 151. The van der Waals surface area contributed by atoms with E-state index in [9.17, 15) is 4.79 Å². The molecule has 0 radical (unpaired) electrons. The Kier molecular flexibility index (Phi) is 10.7. The van der Waals surface area contributed by atoms with E-state index in [2.05, 4.69) is 22.9 Å². The maximum atomic E-state index is 11.0. The van der Waals surface area contributed by atoms with Gasteiger partial charge in [0.25, 0.3) is 0 Å². The van der Waals surface area contributed by atoms with Gasteiger partial charge in [-0.2, -0.15) is 0 Å². The van der Waals surface area contributed by atoms with Gasteiger partial charge in [0.15, 0.2) is 0 Å². The van der Waals surface area contributed by atoms with Gasteiger partial charge >= 0.3 is 6.03 Å². The lowest BCUT2D eigenvalue weighted by molar-refractivity contribution is 0.241. The topological polar surface area (TPSA) is 53.2 Å². The van der Waals surface area contributed by atoms with Crippen molar-refractivity contribution in [2.24, 2.45) is 0 Å². The first-order chi connectivity index (χ1) is 7.31. The van der Waals surface area contributed by atoms with Crippen LogP contribution in [0.3, 0.4) is 0 Å². The summed E-state index contributed by atoms with van der Waals surface area (Å²) in [5.41, 5.74) is 0. The van der Waals surface area contributed by atoms with Crippen LogP contribution in [-0.4, -0.2) is 32.2 Å². The zero-order valence-electron chi connectivity index (χ0n) is 10.1. The van der Waals surface area contributed by atoms with Crippen LogP contribution in [0.5, 0.6) is 0 Å². The smallest absolute Gasteiger partial charge is 0.314 e. The van der Waals surface area contributed by atoms with Gasteiger partial charge in [-0.05, 0) is 39.3 Å². The zero-order valence-corrected chi connectivity index (χ0v) is 10.1. The number of hydrogen-bond donors (Lipinski definition) is 3. The van der Waals surface area contributed by atoms with Crippen molar-refractivity contribution in [3.05, 3.63) is 0 Å². The van der Waals surface area contributed by atoms with Crippen molar-refractivity contribution in [3.63, 3.8) is 0 Å². The van der Waals surface area contributed by atoms with E-state index in [1.165, 1.54) is 12.8 Å². The third-order valence-electron chi connectivity index (χ3n) is 2.11. The largest absolute Gasteiger partial charge is 0.338 e. The summed E-state index contributed by atoms with van der Waals surface area (Å²) in [5.74, 6) is 0. The van der Waals surface area contributed by atoms with Gasteiger partial charge in [0.1, 0.15) is 0 Å². The first-order valence-electron chi connectivity index (χ1n) is 6.03. The number of urea groups is 1. The third-order valence-corrected chi connectivity index (χ3v) is 2.11. The molecule has 0 spiro atoms. The quantitative estimate of drug-likeness (QED) is 0.510. The van der Waals surface area contributed by atoms with Crippen LogP contribution in [0.1, 0.15) is 39.5 Å². The highest BCUT2D eigenvalue weighted by atomic mass is 16.2. The van der Waals surface area contributed by atoms with E-state index in [4.69, 9.17) is 0 Å². The van der Waals surface area contributed by atoms with Crippen molar-refractivity contribution in [1.29, 1.82) is 0 Å². The van der Waals surface area contributed by atoms with Crippen LogP contribution < -0.4 is 16.0 Å². The second kappa shape index (κ2) is 11.3. The van der Waals surface area contributed by atoms with Crippen molar-refractivity contribution in [2.75, 3.05) is 26.2 Å². The maximum absolute atomic E-state index is 11.0. The van der Waals surface area contributed by atoms with Crippen LogP contribution in [-0.2, 0) is 0 Å². The van der Waals surface area contributed by atoms with Crippen LogP contribution in [0.2, 0.25) is 0 Å². The predicted octanol–water partition coefficient (Wildman–Crippen LogP) is 1.48. The molecule has 3 N–H and O–H groups in total. The van der Waals surface area contributed by atoms with Gasteiger partial charge in [-0.25, -0.2) is 4.79 Å². The molecule has 2 amide bonds. The minimum Gasteiger partial charge on any atom is -0.338 e. The van der Waals surface area contributed by atoms with Crippen LogP contribution in [0.25, 0.3) is 0 Å². The molecule has 0 aromatic heterocycles. The van der Waals surface area contributed by atoms with Gasteiger partial charge in [-0.3, -0.25) is 0 Å². The first kappa shape index (κ1) is 14.2. The number of carbonyl (C=O) groups excluding carboxylic acids is 1. The van der Waals surface area contributed by atoms with Gasteiger partial charge in [0.2, 0.25) is 0 Å². The van der Waals surface area contributed by atoms with Crippen molar-refractivity contribution in [2.45, 2.75) is 39.5 Å². The third kappa shape index (κ3) is 11.2. The van der Waals surface area contributed by atoms with Crippen LogP contribution in [0.4, 0.5) is 4.79 Å². The summed E-state index contributed by atoms with van der Waals surface area (Å²) in [7, 11) is 0. The Morgan fingerprint density at radius 3 is 2.27 bits per heavy atom. The van der Waals surface area contributed by atoms with Gasteiger partial charge in [-0.1, -0.05) is 13.3 Å². The van der Waals surface area contributed by atoms with Gasteiger partial charge in [-0.15, -0.1) is 0 Å². The molecule has 0 unspecified atom stereocenters. The zero-order chi connectivity index (χ0) is 11.4. The summed E-state index contributed by atoms with van der Waals surface area (Å²) < 4.78 is 0. The SMILES string of the molecule is CCCCNCCCCNC(=O)NCC. The average Bonchev–Trinajstić information content (AvgIpc) is 2.22. The number of rotatable bonds is 9. The van der Waals surface area contributed by atoms with Gasteiger partial charge in [0, 0.05) is 13.1 Å². The molecule has 15 heavy (non-hydrogen) atoms. The van der Waals surface area contributed by atoms with Crippen LogP contribution >= 0.6 is 0 Å². The number of carbonyl (C=O) groups is 1. The minimum absolute atomic E-state index is 0.0588. The molecule has 0 rings (SSSR count). The predicted molar refractivity (Wildman–Crippen MR) is 64.1 cm³/mol. The molecule has 0 aliphatic rings. The molecule has 0 saturated carbocycles. The molecular formula is C11H25N3O. The molecule has 0 heterocycles. The lowest BCUT2D eigenvalue weighted by atomic mass is 10.3. The normalized spacial score (nSPS) is 10.0. The van der Waals surface area contributed by atoms with E-state index >= 15 is 0 Å². The second-order valence-electron chi connectivity index (χ2n) is 3.60. The summed E-state index contributed by atoms with van der Waals surface area (Å²) in [6, 6.07) is -0.0588. The highest BCUT2D eigenvalue weighted by molar-refractivity contribution is 5.73.